The van der Waals surface area contributed by atoms with Gasteiger partial charge in [-0.15, -0.1) is 0 Å². The minimum atomic E-state index is -0.750. The van der Waals surface area contributed by atoms with E-state index >= 15 is 0 Å². The maximum Gasteiger partial charge on any atom is 0.262 e. The number of fused-ring (bicyclic) bond motifs is 1. The lowest BCUT2D eigenvalue weighted by molar-refractivity contribution is -0.123. The second-order valence-electron chi connectivity index (χ2n) is 7.00. The van der Waals surface area contributed by atoms with E-state index in [4.69, 9.17) is 14.2 Å². The summed E-state index contributed by atoms with van der Waals surface area (Å²) >= 11 is 0. The normalized spacial score (nSPS) is 13.3. The number of carbonyl (C=O) groups is 2. The van der Waals surface area contributed by atoms with Crippen LogP contribution in [0.3, 0.4) is 0 Å². The third-order valence-corrected chi connectivity index (χ3v) is 4.45. The van der Waals surface area contributed by atoms with Gasteiger partial charge in [0.05, 0.1) is 12.8 Å². The van der Waals surface area contributed by atoms with Gasteiger partial charge < -0.3 is 19.5 Å². The van der Waals surface area contributed by atoms with Crippen LogP contribution in [0.25, 0.3) is 0 Å². The SMILES string of the molecule is CCOc1ccc(C=NNC(=O)[C@@H](NC(=O)c2ccc3c(c2)OCO3)C(C)C)cc1. The van der Waals surface area contributed by atoms with Gasteiger partial charge in [0.15, 0.2) is 11.5 Å². The topological polar surface area (TPSA) is 98.2 Å². The molecular weight excluding hydrogens is 386 g/mol. The number of rotatable bonds is 8. The van der Waals surface area contributed by atoms with Crippen LogP contribution >= 0.6 is 0 Å². The maximum absolute atomic E-state index is 12.6. The number of benzene rings is 2. The highest BCUT2D eigenvalue weighted by Crippen LogP contribution is 2.32. The van der Waals surface area contributed by atoms with Crippen molar-refractivity contribution >= 4 is 18.0 Å². The molecule has 0 spiro atoms. The molecule has 158 valence electrons. The van der Waals surface area contributed by atoms with Crippen molar-refractivity contribution in [2.24, 2.45) is 11.0 Å². The number of hydrogen-bond donors (Lipinski definition) is 2. The summed E-state index contributed by atoms with van der Waals surface area (Å²) in [5.41, 5.74) is 3.68. The summed E-state index contributed by atoms with van der Waals surface area (Å²) in [6.07, 6.45) is 1.53. The smallest absolute Gasteiger partial charge is 0.262 e. The molecule has 30 heavy (non-hydrogen) atoms. The first-order valence-electron chi connectivity index (χ1n) is 9.74. The van der Waals surface area contributed by atoms with Crippen LogP contribution in [0.1, 0.15) is 36.7 Å². The summed E-state index contributed by atoms with van der Waals surface area (Å²) in [6.45, 7) is 6.34. The molecule has 2 N–H and O–H groups in total. The van der Waals surface area contributed by atoms with Crippen molar-refractivity contribution in [1.82, 2.24) is 10.7 Å². The second kappa shape index (κ2) is 9.78. The average molecular weight is 411 g/mol. The molecule has 1 atom stereocenters. The van der Waals surface area contributed by atoms with Gasteiger partial charge in [0.25, 0.3) is 11.8 Å². The van der Waals surface area contributed by atoms with Crippen molar-refractivity contribution in [3.05, 3.63) is 53.6 Å². The Bertz CT molecular complexity index is 925. The van der Waals surface area contributed by atoms with Crippen LogP contribution in [0.4, 0.5) is 0 Å². The lowest BCUT2D eigenvalue weighted by Gasteiger charge is -2.20. The molecule has 8 nitrogen and oxygen atoms in total. The molecule has 2 amide bonds. The number of nitrogens with zero attached hydrogens (tertiary/aromatic N) is 1. The zero-order valence-electron chi connectivity index (χ0n) is 17.2. The van der Waals surface area contributed by atoms with Crippen LogP contribution in [-0.4, -0.2) is 37.5 Å². The fourth-order valence-corrected chi connectivity index (χ4v) is 2.85. The fraction of sp³-hybridized carbons (Fsp3) is 0.318. The molecule has 3 rings (SSSR count). The minimum absolute atomic E-state index is 0.129. The molecule has 0 aromatic heterocycles. The Morgan fingerprint density at radius 2 is 1.87 bits per heavy atom. The molecule has 0 saturated carbocycles. The van der Waals surface area contributed by atoms with Crippen molar-refractivity contribution in [2.45, 2.75) is 26.8 Å². The lowest BCUT2D eigenvalue weighted by atomic mass is 10.0. The van der Waals surface area contributed by atoms with Crippen LogP contribution in [0, 0.1) is 5.92 Å². The molecule has 8 heteroatoms. The summed E-state index contributed by atoms with van der Waals surface area (Å²) in [7, 11) is 0. The van der Waals surface area contributed by atoms with E-state index < -0.39 is 11.9 Å². The van der Waals surface area contributed by atoms with E-state index in [0.717, 1.165) is 11.3 Å². The van der Waals surface area contributed by atoms with Crippen LogP contribution in [-0.2, 0) is 4.79 Å². The number of amides is 2. The van der Waals surface area contributed by atoms with Crippen molar-refractivity contribution in [3.63, 3.8) is 0 Å². The highest BCUT2D eigenvalue weighted by Gasteiger charge is 2.25. The molecule has 0 fully saturated rings. The first kappa shape index (κ1) is 21.2. The van der Waals surface area contributed by atoms with E-state index in [-0.39, 0.29) is 18.6 Å². The Kier molecular flexibility index (Phi) is 6.90. The molecule has 2 aromatic carbocycles. The number of ether oxygens (including phenoxy) is 3. The van der Waals surface area contributed by atoms with Crippen LogP contribution in [0.2, 0.25) is 0 Å². The molecule has 0 unspecified atom stereocenters. The first-order chi connectivity index (χ1) is 14.5. The average Bonchev–Trinajstić information content (AvgIpc) is 3.21. The fourth-order valence-electron chi connectivity index (χ4n) is 2.85. The van der Waals surface area contributed by atoms with Crippen LogP contribution in [0.5, 0.6) is 17.2 Å². The first-order valence-corrected chi connectivity index (χ1v) is 9.74. The van der Waals surface area contributed by atoms with Gasteiger partial charge in [0.1, 0.15) is 11.8 Å². The number of hydrazone groups is 1. The molecule has 0 bridgehead atoms. The Hall–Kier alpha value is -3.55. The monoisotopic (exact) mass is 411 g/mol. The molecular formula is C22H25N3O5. The Morgan fingerprint density at radius 1 is 1.13 bits per heavy atom. The quantitative estimate of drug-likeness (QED) is 0.514. The van der Waals surface area contributed by atoms with Gasteiger partial charge >= 0.3 is 0 Å². The predicted molar refractivity (Wildman–Crippen MR) is 112 cm³/mol. The van der Waals surface area contributed by atoms with E-state index in [2.05, 4.69) is 15.8 Å². The van der Waals surface area contributed by atoms with E-state index in [0.29, 0.717) is 23.7 Å². The van der Waals surface area contributed by atoms with Gasteiger partial charge in [0, 0.05) is 5.56 Å². The summed E-state index contributed by atoms with van der Waals surface area (Å²) in [6, 6.07) is 11.5. The van der Waals surface area contributed by atoms with Crippen molar-refractivity contribution in [1.29, 1.82) is 0 Å². The van der Waals surface area contributed by atoms with Crippen molar-refractivity contribution in [3.8, 4) is 17.2 Å². The van der Waals surface area contributed by atoms with Gasteiger partial charge in [-0.2, -0.15) is 5.10 Å². The summed E-state index contributed by atoms with van der Waals surface area (Å²) in [5.74, 6) is 0.953. The molecule has 0 aliphatic carbocycles. The zero-order valence-corrected chi connectivity index (χ0v) is 17.2. The molecule has 1 aliphatic heterocycles. The van der Waals surface area contributed by atoms with Crippen molar-refractivity contribution < 1.29 is 23.8 Å². The summed E-state index contributed by atoms with van der Waals surface area (Å²) < 4.78 is 15.9. The van der Waals surface area contributed by atoms with Gasteiger partial charge in [-0.05, 0) is 60.9 Å². The standard InChI is InChI=1S/C22H25N3O5/c1-4-28-17-8-5-15(6-9-17)12-23-25-22(27)20(14(2)3)24-21(26)16-7-10-18-19(11-16)30-13-29-18/h5-12,14,20H,4,13H2,1-3H3,(H,24,26)(H,25,27)/t20-/m0/s1. The van der Waals surface area contributed by atoms with Crippen molar-refractivity contribution in [2.75, 3.05) is 13.4 Å². The Labute approximate surface area is 175 Å². The molecule has 1 aliphatic rings. The second-order valence-corrected chi connectivity index (χ2v) is 7.00. The van der Waals surface area contributed by atoms with E-state index in [1.54, 1.807) is 18.2 Å². The predicted octanol–water partition coefficient (Wildman–Crippen LogP) is 2.72. The lowest BCUT2D eigenvalue weighted by Crippen LogP contribution is -2.48. The highest BCUT2D eigenvalue weighted by molar-refractivity contribution is 5.98. The number of nitrogens with one attached hydrogen (secondary N) is 2. The largest absolute Gasteiger partial charge is 0.494 e. The number of carbonyl (C=O) groups excluding carboxylic acids is 2. The third-order valence-electron chi connectivity index (χ3n) is 4.45. The third kappa shape index (κ3) is 5.28. The van der Waals surface area contributed by atoms with Gasteiger partial charge in [-0.1, -0.05) is 13.8 Å². The van der Waals surface area contributed by atoms with Gasteiger partial charge in [-0.3, -0.25) is 9.59 Å². The molecule has 0 saturated heterocycles. The zero-order chi connectivity index (χ0) is 21.5. The Morgan fingerprint density at radius 3 is 2.57 bits per heavy atom. The minimum Gasteiger partial charge on any atom is -0.494 e. The highest BCUT2D eigenvalue weighted by atomic mass is 16.7. The van der Waals surface area contributed by atoms with E-state index in [1.807, 2.05) is 45.0 Å². The van der Waals surface area contributed by atoms with E-state index in [9.17, 15) is 9.59 Å². The molecule has 1 heterocycles. The van der Waals surface area contributed by atoms with Crippen LogP contribution in [0.15, 0.2) is 47.6 Å². The van der Waals surface area contributed by atoms with Gasteiger partial charge in [0.2, 0.25) is 6.79 Å². The summed E-state index contributed by atoms with van der Waals surface area (Å²) in [5, 5.41) is 6.75. The maximum atomic E-state index is 12.6. The summed E-state index contributed by atoms with van der Waals surface area (Å²) in [4.78, 5) is 25.2. The van der Waals surface area contributed by atoms with E-state index in [1.165, 1.54) is 6.21 Å². The van der Waals surface area contributed by atoms with Crippen LogP contribution < -0.4 is 25.0 Å². The molecule has 2 aromatic rings. The number of hydrogen-bond acceptors (Lipinski definition) is 6. The molecule has 0 radical (unpaired) electrons. The Balaban J connectivity index is 1.59. The van der Waals surface area contributed by atoms with Gasteiger partial charge in [-0.25, -0.2) is 5.43 Å².